The number of alkyl halides is 3. The quantitative estimate of drug-likeness (QED) is 0.198. The van der Waals surface area contributed by atoms with Crippen LogP contribution in [-0.4, -0.2) is 76.4 Å². The van der Waals surface area contributed by atoms with E-state index < -0.39 is 64.2 Å². The number of amides is 1. The largest absolute Gasteiger partial charge is 0.482 e. The van der Waals surface area contributed by atoms with Crippen LogP contribution in [0.2, 0.25) is 0 Å². The van der Waals surface area contributed by atoms with E-state index in [1.807, 2.05) is 0 Å². The van der Waals surface area contributed by atoms with Crippen molar-refractivity contribution in [3.63, 3.8) is 0 Å². The standard InChI is InChI=1S/C15H18Cl3NO10/c1-5(20)26-8-9(27-6(2)21)11(28-7(3)22)13(23)29-10(8)12(25-4)19-14(24)15(16,17)18/h8-11,13,23H,1-4H3/t8-,9-,10-,11+,13+/m0/s1. The minimum Gasteiger partial charge on any atom is -0.482 e. The van der Waals surface area contributed by atoms with Gasteiger partial charge >= 0.3 is 23.8 Å². The molecule has 1 heterocycles. The molecule has 1 saturated heterocycles. The summed E-state index contributed by atoms with van der Waals surface area (Å²) in [5.74, 6) is -4.40. The highest BCUT2D eigenvalue weighted by atomic mass is 35.6. The van der Waals surface area contributed by atoms with Gasteiger partial charge in [-0.3, -0.25) is 19.2 Å². The fraction of sp³-hybridized carbons (Fsp3) is 0.667. The van der Waals surface area contributed by atoms with Crippen molar-refractivity contribution in [2.24, 2.45) is 4.99 Å². The maximum absolute atomic E-state index is 11.9. The van der Waals surface area contributed by atoms with Gasteiger partial charge in [0.05, 0.1) is 7.11 Å². The Bertz CT molecular complexity index is 692. The summed E-state index contributed by atoms with van der Waals surface area (Å²) in [7, 11) is 1.07. The van der Waals surface area contributed by atoms with Crippen molar-refractivity contribution in [1.82, 2.24) is 0 Å². The second-order valence-electron chi connectivity index (χ2n) is 5.63. The monoisotopic (exact) mass is 477 g/mol. The number of aliphatic hydroxyl groups is 1. The van der Waals surface area contributed by atoms with Gasteiger partial charge in [-0.1, -0.05) is 34.8 Å². The average molecular weight is 479 g/mol. The van der Waals surface area contributed by atoms with Crippen LogP contribution in [-0.2, 0) is 42.9 Å². The first-order valence-corrected chi connectivity index (χ1v) is 9.00. The Hall–Kier alpha value is -1.66. The highest BCUT2D eigenvalue weighted by molar-refractivity contribution is 6.76. The van der Waals surface area contributed by atoms with Crippen molar-refractivity contribution in [3.05, 3.63) is 0 Å². The number of ether oxygens (including phenoxy) is 5. The van der Waals surface area contributed by atoms with Crippen LogP contribution in [0.15, 0.2) is 4.99 Å². The summed E-state index contributed by atoms with van der Waals surface area (Å²) in [6, 6.07) is 0. The van der Waals surface area contributed by atoms with Gasteiger partial charge in [-0.15, -0.1) is 0 Å². The molecule has 0 bridgehead atoms. The van der Waals surface area contributed by atoms with Crippen LogP contribution < -0.4 is 0 Å². The molecule has 1 fully saturated rings. The summed E-state index contributed by atoms with van der Waals surface area (Å²) in [5.41, 5.74) is 0. The molecule has 0 saturated carbocycles. The van der Waals surface area contributed by atoms with E-state index in [1.165, 1.54) is 0 Å². The van der Waals surface area contributed by atoms with Crippen molar-refractivity contribution >= 4 is 64.5 Å². The molecule has 1 amide bonds. The maximum Gasteiger partial charge on any atom is 0.303 e. The van der Waals surface area contributed by atoms with E-state index in [9.17, 15) is 24.3 Å². The normalized spacial score (nSPS) is 27.6. The molecule has 1 rings (SSSR count). The van der Waals surface area contributed by atoms with Gasteiger partial charge in [0.1, 0.15) is 0 Å². The summed E-state index contributed by atoms with van der Waals surface area (Å²) in [5, 5.41) is 10.3. The van der Waals surface area contributed by atoms with Crippen LogP contribution >= 0.6 is 34.8 Å². The maximum atomic E-state index is 11.9. The molecule has 0 aromatic heterocycles. The molecule has 0 aliphatic carbocycles. The Balaban J connectivity index is 3.45. The molecule has 0 aromatic rings. The lowest BCUT2D eigenvalue weighted by Crippen LogP contribution is -2.63. The van der Waals surface area contributed by atoms with Crippen molar-refractivity contribution < 1.29 is 48.0 Å². The van der Waals surface area contributed by atoms with Crippen molar-refractivity contribution in [2.45, 2.75) is 55.3 Å². The second kappa shape index (κ2) is 10.4. The molecular formula is C15H18Cl3NO10. The molecule has 1 aliphatic rings. The van der Waals surface area contributed by atoms with Crippen molar-refractivity contribution in [1.29, 1.82) is 0 Å². The van der Waals surface area contributed by atoms with E-state index in [4.69, 9.17) is 58.5 Å². The number of halogens is 3. The number of nitrogens with zero attached hydrogens (tertiary/aromatic N) is 1. The van der Waals surface area contributed by atoms with Crippen LogP contribution in [0.25, 0.3) is 0 Å². The molecule has 29 heavy (non-hydrogen) atoms. The molecule has 1 aliphatic heterocycles. The van der Waals surface area contributed by atoms with E-state index in [0.717, 1.165) is 27.9 Å². The lowest BCUT2D eigenvalue weighted by Gasteiger charge is -2.42. The van der Waals surface area contributed by atoms with E-state index >= 15 is 0 Å². The first-order chi connectivity index (χ1) is 13.3. The topological polar surface area (TPSA) is 147 Å². The van der Waals surface area contributed by atoms with Gasteiger partial charge in [-0.25, -0.2) is 0 Å². The minimum atomic E-state index is -2.44. The van der Waals surface area contributed by atoms with Gasteiger partial charge in [0, 0.05) is 20.8 Å². The van der Waals surface area contributed by atoms with Crippen molar-refractivity contribution in [3.8, 4) is 0 Å². The number of carbonyl (C=O) groups is 4. The number of carbonyl (C=O) groups excluding carboxylic acids is 4. The zero-order chi connectivity index (χ0) is 22.5. The molecule has 0 spiro atoms. The van der Waals surface area contributed by atoms with Crippen LogP contribution in [0.1, 0.15) is 20.8 Å². The number of aliphatic hydroxyl groups excluding tert-OH is 1. The van der Waals surface area contributed by atoms with Crippen LogP contribution in [0.3, 0.4) is 0 Å². The Morgan fingerprint density at radius 1 is 0.897 bits per heavy atom. The predicted molar refractivity (Wildman–Crippen MR) is 97.3 cm³/mol. The number of aliphatic imine (C=N–C) groups is 1. The van der Waals surface area contributed by atoms with E-state index in [0.29, 0.717) is 0 Å². The highest BCUT2D eigenvalue weighted by Crippen LogP contribution is 2.31. The third-order valence-corrected chi connectivity index (χ3v) is 3.81. The molecule has 0 radical (unpaired) electrons. The van der Waals surface area contributed by atoms with E-state index in [-0.39, 0.29) is 0 Å². The number of esters is 3. The Labute approximate surface area is 180 Å². The molecule has 5 atom stereocenters. The van der Waals surface area contributed by atoms with Gasteiger partial charge in [0.15, 0.2) is 30.7 Å². The molecule has 164 valence electrons. The van der Waals surface area contributed by atoms with Gasteiger partial charge in [-0.2, -0.15) is 4.99 Å². The molecule has 1 N–H and O–H groups in total. The van der Waals surface area contributed by atoms with Gasteiger partial charge < -0.3 is 28.8 Å². The molecule has 11 nitrogen and oxygen atoms in total. The van der Waals surface area contributed by atoms with E-state index in [2.05, 4.69) is 4.99 Å². The molecule has 0 unspecified atom stereocenters. The summed E-state index contributed by atoms with van der Waals surface area (Å²) in [6.45, 7) is 3.10. The number of hydrogen-bond donors (Lipinski definition) is 1. The minimum absolute atomic E-state index is 0.565. The molecule has 0 aromatic carbocycles. The number of rotatable bonds is 4. The van der Waals surface area contributed by atoms with Crippen LogP contribution in [0, 0.1) is 0 Å². The SMILES string of the molecule is COC(=NC(=O)C(Cl)(Cl)Cl)[C@H]1O[C@@H](O)[C@H](OC(C)=O)[C@@H](OC(C)=O)[C@@H]1OC(C)=O. The van der Waals surface area contributed by atoms with Crippen LogP contribution in [0.5, 0.6) is 0 Å². The Morgan fingerprint density at radius 3 is 1.76 bits per heavy atom. The fourth-order valence-electron chi connectivity index (χ4n) is 2.38. The molecular weight excluding hydrogens is 461 g/mol. The summed E-state index contributed by atoms with van der Waals surface area (Å²) < 4.78 is 22.9. The van der Waals surface area contributed by atoms with Gasteiger partial charge in [-0.05, 0) is 0 Å². The third kappa shape index (κ3) is 7.27. The van der Waals surface area contributed by atoms with Crippen molar-refractivity contribution in [2.75, 3.05) is 7.11 Å². The Morgan fingerprint density at radius 2 is 1.34 bits per heavy atom. The zero-order valence-electron chi connectivity index (χ0n) is 15.6. The summed E-state index contributed by atoms with van der Waals surface area (Å²) >= 11 is 16.4. The fourth-order valence-corrected chi connectivity index (χ4v) is 2.50. The first kappa shape index (κ1) is 25.4. The second-order valence-corrected chi connectivity index (χ2v) is 7.91. The smallest absolute Gasteiger partial charge is 0.303 e. The lowest BCUT2D eigenvalue weighted by molar-refractivity contribution is -0.280. The zero-order valence-corrected chi connectivity index (χ0v) is 17.9. The number of hydrogen-bond acceptors (Lipinski definition) is 10. The predicted octanol–water partition coefficient (Wildman–Crippen LogP) is 0.440. The van der Waals surface area contributed by atoms with Crippen LogP contribution in [0.4, 0.5) is 0 Å². The third-order valence-electron chi connectivity index (χ3n) is 3.33. The first-order valence-electron chi connectivity index (χ1n) is 7.86. The van der Waals surface area contributed by atoms with E-state index in [1.54, 1.807) is 0 Å². The summed E-state index contributed by atoms with van der Waals surface area (Å²) in [6.07, 6.45) is -8.14. The number of methoxy groups -OCH3 is 1. The Kier molecular flexibility index (Phi) is 9.09. The van der Waals surface area contributed by atoms with Gasteiger partial charge in [0.25, 0.3) is 3.79 Å². The van der Waals surface area contributed by atoms with Gasteiger partial charge in [0.2, 0.25) is 5.90 Å². The average Bonchev–Trinajstić information content (AvgIpc) is 2.56. The highest BCUT2D eigenvalue weighted by Gasteiger charge is 2.54. The lowest BCUT2D eigenvalue weighted by atomic mass is 9.97. The molecule has 14 heteroatoms. The summed E-state index contributed by atoms with van der Waals surface area (Å²) in [4.78, 5) is 49.9.